The lowest BCUT2D eigenvalue weighted by Crippen LogP contribution is -2.31. The van der Waals surface area contributed by atoms with Gasteiger partial charge in [-0.05, 0) is 78.1 Å². The first-order valence-corrected chi connectivity index (χ1v) is 14.8. The molecule has 0 bridgehead atoms. The van der Waals surface area contributed by atoms with Crippen LogP contribution in [0, 0.1) is 0 Å². The Labute approximate surface area is 237 Å². The standard InChI is InChI=1S/C33H41N5O2/c1-2-12-37-13-7-26-5-3-24(18-28(26)9-15-37)20-32(39)30-22-31(36-23-35-30)33(40)21-25-4-6-27-8-14-38(17-11-34)16-10-29(27)19-25/h3-6,18-19,22-23H,2,7-17,20-21,34H2,1H3. The van der Waals surface area contributed by atoms with Crippen molar-refractivity contribution in [3.05, 3.63) is 93.6 Å². The molecule has 40 heavy (non-hydrogen) atoms. The molecular formula is C33H41N5O2. The number of fused-ring (bicyclic) bond motifs is 2. The van der Waals surface area contributed by atoms with E-state index in [1.807, 2.05) is 6.07 Å². The Morgan fingerprint density at radius 2 is 1.18 bits per heavy atom. The average Bonchev–Trinajstić information content (AvgIpc) is 3.29. The summed E-state index contributed by atoms with van der Waals surface area (Å²) in [6, 6.07) is 14.3. The zero-order chi connectivity index (χ0) is 27.9. The third-order valence-electron chi connectivity index (χ3n) is 8.28. The van der Waals surface area contributed by atoms with Crippen molar-refractivity contribution in [1.29, 1.82) is 0 Å². The highest BCUT2D eigenvalue weighted by atomic mass is 16.1. The van der Waals surface area contributed by atoms with Gasteiger partial charge in [0.2, 0.25) is 0 Å². The molecule has 5 rings (SSSR count). The summed E-state index contributed by atoms with van der Waals surface area (Å²) in [6.07, 6.45) is 7.05. The molecule has 2 aromatic carbocycles. The average molecular weight is 540 g/mol. The summed E-state index contributed by atoms with van der Waals surface area (Å²) >= 11 is 0. The number of benzene rings is 2. The van der Waals surface area contributed by atoms with Crippen molar-refractivity contribution in [2.45, 2.75) is 51.9 Å². The van der Waals surface area contributed by atoms with E-state index in [9.17, 15) is 9.59 Å². The zero-order valence-corrected chi connectivity index (χ0v) is 23.7. The summed E-state index contributed by atoms with van der Waals surface area (Å²) in [5, 5.41) is 0. The molecule has 0 saturated heterocycles. The van der Waals surface area contributed by atoms with Crippen molar-refractivity contribution in [3.63, 3.8) is 0 Å². The van der Waals surface area contributed by atoms with Gasteiger partial charge in [0, 0.05) is 52.1 Å². The number of nitrogens with zero attached hydrogens (tertiary/aromatic N) is 4. The molecule has 7 nitrogen and oxygen atoms in total. The molecule has 0 spiro atoms. The maximum absolute atomic E-state index is 13.2. The minimum Gasteiger partial charge on any atom is -0.329 e. The van der Waals surface area contributed by atoms with Crippen molar-refractivity contribution in [3.8, 4) is 0 Å². The molecular weight excluding hydrogens is 498 g/mol. The molecule has 0 unspecified atom stereocenters. The van der Waals surface area contributed by atoms with Gasteiger partial charge in [-0.25, -0.2) is 9.97 Å². The van der Waals surface area contributed by atoms with Crippen LogP contribution in [-0.4, -0.2) is 77.1 Å². The highest BCUT2D eigenvalue weighted by molar-refractivity contribution is 6.00. The fraction of sp³-hybridized carbons (Fsp3) is 0.455. The predicted octanol–water partition coefficient (Wildman–Crippen LogP) is 3.50. The Balaban J connectivity index is 1.22. The number of nitrogens with two attached hydrogens (primary N) is 1. The molecule has 0 saturated carbocycles. The maximum Gasteiger partial charge on any atom is 0.185 e. The minimum atomic E-state index is -0.101. The molecule has 3 aromatic rings. The number of aromatic nitrogens is 2. The number of carbonyl (C=O) groups is 2. The molecule has 0 atom stereocenters. The van der Waals surface area contributed by atoms with Gasteiger partial charge in [0.15, 0.2) is 11.6 Å². The molecule has 210 valence electrons. The van der Waals surface area contributed by atoms with Gasteiger partial charge >= 0.3 is 0 Å². The van der Waals surface area contributed by atoms with Gasteiger partial charge in [-0.2, -0.15) is 0 Å². The summed E-state index contributed by atoms with van der Waals surface area (Å²) in [5.41, 5.74) is 13.7. The Morgan fingerprint density at radius 3 is 1.65 bits per heavy atom. The molecule has 0 radical (unpaired) electrons. The molecule has 0 amide bonds. The quantitative estimate of drug-likeness (QED) is 0.394. The number of hydrogen-bond donors (Lipinski definition) is 1. The number of hydrogen-bond acceptors (Lipinski definition) is 7. The summed E-state index contributed by atoms with van der Waals surface area (Å²) in [5.74, 6) is -0.193. The van der Waals surface area contributed by atoms with Gasteiger partial charge in [-0.1, -0.05) is 43.3 Å². The molecule has 2 aliphatic heterocycles. The summed E-state index contributed by atoms with van der Waals surface area (Å²) in [7, 11) is 0. The first-order chi connectivity index (χ1) is 19.5. The number of ketones is 2. The summed E-state index contributed by atoms with van der Waals surface area (Å²) < 4.78 is 0. The highest BCUT2D eigenvalue weighted by Crippen LogP contribution is 2.21. The van der Waals surface area contributed by atoms with E-state index in [0.29, 0.717) is 17.9 Å². The smallest absolute Gasteiger partial charge is 0.185 e. The molecule has 1 aromatic heterocycles. The second-order valence-electron chi connectivity index (χ2n) is 11.2. The van der Waals surface area contributed by atoms with Gasteiger partial charge in [0.25, 0.3) is 0 Å². The second-order valence-corrected chi connectivity index (χ2v) is 11.2. The van der Waals surface area contributed by atoms with E-state index in [2.05, 4.69) is 57.0 Å². The van der Waals surface area contributed by atoms with E-state index in [1.54, 1.807) is 6.07 Å². The first kappa shape index (κ1) is 28.3. The second kappa shape index (κ2) is 13.4. The van der Waals surface area contributed by atoms with Crippen LogP contribution >= 0.6 is 0 Å². The Kier molecular flexibility index (Phi) is 9.47. The van der Waals surface area contributed by atoms with E-state index in [-0.39, 0.29) is 24.4 Å². The van der Waals surface area contributed by atoms with Crippen LogP contribution in [0.1, 0.15) is 67.7 Å². The first-order valence-electron chi connectivity index (χ1n) is 14.8. The van der Waals surface area contributed by atoms with Crippen molar-refractivity contribution in [2.75, 3.05) is 45.8 Å². The number of Topliss-reactive ketones (excluding diaryl/α,β-unsaturated/α-hetero) is 2. The van der Waals surface area contributed by atoms with Crippen LogP contribution in [0.25, 0.3) is 0 Å². The Morgan fingerprint density at radius 1 is 0.700 bits per heavy atom. The van der Waals surface area contributed by atoms with Crippen molar-refractivity contribution in [2.24, 2.45) is 5.73 Å². The van der Waals surface area contributed by atoms with Gasteiger partial charge in [-0.15, -0.1) is 0 Å². The van der Waals surface area contributed by atoms with E-state index >= 15 is 0 Å². The van der Waals surface area contributed by atoms with E-state index in [1.165, 1.54) is 35.0 Å². The molecule has 2 N–H and O–H groups in total. The monoisotopic (exact) mass is 539 g/mol. The van der Waals surface area contributed by atoms with Crippen LogP contribution in [0.3, 0.4) is 0 Å². The highest BCUT2D eigenvalue weighted by Gasteiger charge is 2.19. The summed E-state index contributed by atoms with van der Waals surface area (Å²) in [4.78, 5) is 39.7. The van der Waals surface area contributed by atoms with Crippen LogP contribution < -0.4 is 5.73 Å². The molecule has 7 heteroatoms. The fourth-order valence-electron chi connectivity index (χ4n) is 6.03. The third kappa shape index (κ3) is 7.08. The number of carbonyl (C=O) groups excluding carboxylic acids is 2. The van der Waals surface area contributed by atoms with E-state index < -0.39 is 0 Å². The van der Waals surface area contributed by atoms with Gasteiger partial charge in [0.05, 0.1) is 0 Å². The fourth-order valence-corrected chi connectivity index (χ4v) is 6.03. The van der Waals surface area contributed by atoms with Crippen molar-refractivity contribution in [1.82, 2.24) is 19.8 Å². The third-order valence-corrected chi connectivity index (χ3v) is 8.28. The predicted molar refractivity (Wildman–Crippen MR) is 158 cm³/mol. The normalized spacial score (nSPS) is 16.1. The van der Waals surface area contributed by atoms with Crippen LogP contribution in [0.5, 0.6) is 0 Å². The SMILES string of the molecule is CCCN1CCc2ccc(CC(=O)c3cc(C(=O)Cc4ccc5c(c4)CCN(CCN)CC5)ncn3)cc2CC1. The molecule has 3 heterocycles. The Hall–Kier alpha value is -3.26. The molecule has 0 aliphatic carbocycles. The largest absolute Gasteiger partial charge is 0.329 e. The van der Waals surface area contributed by atoms with Crippen LogP contribution in [0.4, 0.5) is 0 Å². The lowest BCUT2D eigenvalue weighted by Gasteiger charge is -2.18. The van der Waals surface area contributed by atoms with Crippen LogP contribution in [0.2, 0.25) is 0 Å². The lowest BCUT2D eigenvalue weighted by molar-refractivity contribution is 0.0987. The van der Waals surface area contributed by atoms with Crippen LogP contribution in [0.15, 0.2) is 48.8 Å². The van der Waals surface area contributed by atoms with Crippen LogP contribution in [-0.2, 0) is 38.5 Å². The lowest BCUT2D eigenvalue weighted by atomic mass is 9.96. The topological polar surface area (TPSA) is 92.4 Å². The van der Waals surface area contributed by atoms with Gasteiger partial charge < -0.3 is 15.5 Å². The van der Waals surface area contributed by atoms with E-state index in [4.69, 9.17) is 5.73 Å². The van der Waals surface area contributed by atoms with E-state index in [0.717, 1.165) is 76.1 Å². The van der Waals surface area contributed by atoms with Gasteiger partial charge in [-0.3, -0.25) is 9.59 Å². The summed E-state index contributed by atoms with van der Waals surface area (Å²) in [6.45, 7) is 9.10. The maximum atomic E-state index is 13.2. The molecule has 0 fully saturated rings. The van der Waals surface area contributed by atoms with Crippen molar-refractivity contribution < 1.29 is 9.59 Å². The minimum absolute atomic E-state index is 0.0929. The zero-order valence-electron chi connectivity index (χ0n) is 23.7. The van der Waals surface area contributed by atoms with Crippen molar-refractivity contribution >= 4 is 11.6 Å². The van der Waals surface area contributed by atoms with Gasteiger partial charge in [0.1, 0.15) is 17.7 Å². The molecule has 2 aliphatic rings. The number of rotatable bonds is 10. The Bertz CT molecular complexity index is 1260.